The van der Waals surface area contributed by atoms with Crippen LogP contribution in [0.3, 0.4) is 0 Å². The maximum absolute atomic E-state index is 11.8. The molecule has 2 aromatic rings. The van der Waals surface area contributed by atoms with Gasteiger partial charge in [-0.2, -0.15) is 0 Å². The van der Waals surface area contributed by atoms with E-state index >= 15 is 0 Å². The van der Waals surface area contributed by atoms with Gasteiger partial charge in [0.15, 0.2) is 5.76 Å². The molecule has 0 aliphatic carbocycles. The first-order valence-electron chi connectivity index (χ1n) is 9.18. The number of furan rings is 1. The first-order valence-corrected chi connectivity index (χ1v) is 9.18. The minimum absolute atomic E-state index is 0.0612. The molecule has 6 nitrogen and oxygen atoms in total. The van der Waals surface area contributed by atoms with Crippen molar-refractivity contribution in [3.8, 4) is 5.75 Å². The fourth-order valence-corrected chi connectivity index (χ4v) is 2.44. The van der Waals surface area contributed by atoms with E-state index in [1.54, 1.807) is 12.1 Å². The lowest BCUT2D eigenvalue weighted by molar-refractivity contribution is -0.121. The van der Waals surface area contributed by atoms with Crippen molar-refractivity contribution in [1.82, 2.24) is 10.6 Å². The van der Waals surface area contributed by atoms with E-state index in [4.69, 9.17) is 9.15 Å². The van der Waals surface area contributed by atoms with Gasteiger partial charge in [0.2, 0.25) is 5.91 Å². The summed E-state index contributed by atoms with van der Waals surface area (Å²) < 4.78 is 10.6. The zero-order valence-electron chi connectivity index (χ0n) is 16.2. The topological polar surface area (TPSA) is 80.6 Å². The first kappa shape index (κ1) is 20.6. The molecule has 0 saturated carbocycles. The molecule has 0 aliphatic rings. The third-order valence-electron chi connectivity index (χ3n) is 4.02. The summed E-state index contributed by atoms with van der Waals surface area (Å²) in [5, 5.41) is 5.52. The van der Waals surface area contributed by atoms with Crippen LogP contribution in [-0.4, -0.2) is 31.5 Å². The third kappa shape index (κ3) is 7.17. The summed E-state index contributed by atoms with van der Waals surface area (Å²) in [6.07, 6.45) is 2.36. The van der Waals surface area contributed by atoms with Crippen LogP contribution in [-0.2, 0) is 10.2 Å². The SMILES string of the molecule is CC(C)(C)c1ccc(OCCNC(=O)CCCNC(=O)c2ccco2)cc1. The quantitative estimate of drug-likeness (QED) is 0.662. The Kier molecular flexibility index (Phi) is 7.46. The fraction of sp³-hybridized carbons (Fsp3) is 0.429. The van der Waals surface area contributed by atoms with E-state index in [1.165, 1.54) is 11.8 Å². The van der Waals surface area contributed by atoms with E-state index < -0.39 is 0 Å². The van der Waals surface area contributed by atoms with Gasteiger partial charge in [0.1, 0.15) is 12.4 Å². The van der Waals surface area contributed by atoms with E-state index in [1.807, 2.05) is 12.1 Å². The van der Waals surface area contributed by atoms with Crippen molar-refractivity contribution in [2.75, 3.05) is 19.7 Å². The number of benzene rings is 1. The highest BCUT2D eigenvalue weighted by molar-refractivity contribution is 5.91. The van der Waals surface area contributed by atoms with E-state index in [0.717, 1.165) is 5.75 Å². The zero-order valence-corrected chi connectivity index (χ0v) is 16.2. The monoisotopic (exact) mass is 372 g/mol. The fourth-order valence-electron chi connectivity index (χ4n) is 2.44. The number of rotatable bonds is 9. The van der Waals surface area contributed by atoms with Crippen LogP contribution in [0.5, 0.6) is 5.75 Å². The van der Waals surface area contributed by atoms with Gasteiger partial charge < -0.3 is 19.8 Å². The number of nitrogens with one attached hydrogen (secondary N) is 2. The minimum atomic E-state index is -0.272. The molecule has 6 heteroatoms. The Balaban J connectivity index is 1.55. The van der Waals surface area contributed by atoms with E-state index in [0.29, 0.717) is 32.5 Å². The van der Waals surface area contributed by atoms with Crippen molar-refractivity contribution < 1.29 is 18.7 Å². The van der Waals surface area contributed by atoms with Crippen molar-refractivity contribution in [2.45, 2.75) is 39.0 Å². The van der Waals surface area contributed by atoms with Crippen LogP contribution >= 0.6 is 0 Å². The normalized spacial score (nSPS) is 11.1. The number of hydrogen-bond donors (Lipinski definition) is 2. The van der Waals surface area contributed by atoms with Crippen LogP contribution in [0.2, 0.25) is 0 Å². The van der Waals surface area contributed by atoms with Crippen molar-refractivity contribution in [3.05, 3.63) is 54.0 Å². The molecule has 0 spiro atoms. The van der Waals surface area contributed by atoms with Gasteiger partial charge in [-0.25, -0.2) is 0 Å². The number of carbonyl (C=O) groups excluding carboxylic acids is 2. The Hall–Kier alpha value is -2.76. The summed E-state index contributed by atoms with van der Waals surface area (Å²) in [6, 6.07) is 11.3. The van der Waals surface area contributed by atoms with Crippen molar-refractivity contribution in [2.24, 2.45) is 0 Å². The highest BCUT2D eigenvalue weighted by Crippen LogP contribution is 2.24. The standard InChI is InChI=1S/C21H28N2O4/c1-21(2,3)16-8-10-17(11-9-16)26-15-13-22-19(24)7-4-12-23-20(25)18-6-5-14-27-18/h5-6,8-11,14H,4,7,12-13,15H2,1-3H3,(H,22,24)(H,23,25). The molecule has 0 fully saturated rings. The van der Waals surface area contributed by atoms with Crippen molar-refractivity contribution in [3.63, 3.8) is 0 Å². The Bertz CT molecular complexity index is 716. The summed E-state index contributed by atoms with van der Waals surface area (Å²) in [4.78, 5) is 23.4. The van der Waals surface area contributed by atoms with Crippen molar-refractivity contribution >= 4 is 11.8 Å². The highest BCUT2D eigenvalue weighted by atomic mass is 16.5. The Morgan fingerprint density at radius 3 is 2.41 bits per heavy atom. The van der Waals surface area contributed by atoms with Crippen LogP contribution in [0.4, 0.5) is 0 Å². The van der Waals surface area contributed by atoms with E-state index in [9.17, 15) is 9.59 Å². The average Bonchev–Trinajstić information content (AvgIpc) is 3.17. The van der Waals surface area contributed by atoms with Gasteiger partial charge in [-0.15, -0.1) is 0 Å². The maximum Gasteiger partial charge on any atom is 0.286 e. The molecule has 0 aliphatic heterocycles. The zero-order chi connectivity index (χ0) is 19.7. The van der Waals surface area contributed by atoms with Gasteiger partial charge in [0.25, 0.3) is 5.91 Å². The maximum atomic E-state index is 11.8. The summed E-state index contributed by atoms with van der Waals surface area (Å²) in [5.41, 5.74) is 1.37. The lowest BCUT2D eigenvalue weighted by atomic mass is 9.87. The lowest BCUT2D eigenvalue weighted by Gasteiger charge is -2.19. The predicted molar refractivity (Wildman–Crippen MR) is 104 cm³/mol. The smallest absolute Gasteiger partial charge is 0.286 e. The molecule has 1 heterocycles. The molecule has 1 aromatic carbocycles. The summed E-state index contributed by atoms with van der Waals surface area (Å²) in [5.74, 6) is 0.727. The van der Waals surface area contributed by atoms with E-state index in [-0.39, 0.29) is 23.0 Å². The predicted octanol–water partition coefficient (Wildman–Crippen LogP) is 3.28. The number of ether oxygens (including phenoxy) is 1. The van der Waals surface area contributed by atoms with Crippen LogP contribution < -0.4 is 15.4 Å². The molecule has 2 amide bonds. The van der Waals surface area contributed by atoms with Gasteiger partial charge in [0.05, 0.1) is 12.8 Å². The van der Waals surface area contributed by atoms with E-state index in [2.05, 4.69) is 43.5 Å². The largest absolute Gasteiger partial charge is 0.492 e. The van der Waals surface area contributed by atoms with Crippen molar-refractivity contribution in [1.29, 1.82) is 0 Å². The molecule has 2 rings (SSSR count). The van der Waals surface area contributed by atoms with Gasteiger partial charge in [0, 0.05) is 13.0 Å². The average molecular weight is 372 g/mol. The number of hydrogen-bond acceptors (Lipinski definition) is 4. The second-order valence-corrected chi connectivity index (χ2v) is 7.31. The second kappa shape index (κ2) is 9.80. The van der Waals surface area contributed by atoms with Crippen LogP contribution in [0.1, 0.15) is 49.7 Å². The van der Waals surface area contributed by atoms with Gasteiger partial charge in [-0.1, -0.05) is 32.9 Å². The summed E-state index contributed by atoms with van der Waals surface area (Å²) in [7, 11) is 0. The first-order chi connectivity index (χ1) is 12.9. The molecule has 0 bridgehead atoms. The molecular formula is C21H28N2O4. The highest BCUT2D eigenvalue weighted by Gasteiger charge is 2.13. The molecule has 0 unspecified atom stereocenters. The van der Waals surface area contributed by atoms with Crippen LogP contribution in [0.15, 0.2) is 47.1 Å². The Morgan fingerprint density at radius 2 is 1.78 bits per heavy atom. The summed E-state index contributed by atoms with van der Waals surface area (Å²) >= 11 is 0. The number of amides is 2. The molecule has 1 aromatic heterocycles. The molecule has 0 saturated heterocycles. The summed E-state index contributed by atoms with van der Waals surface area (Å²) in [6.45, 7) is 7.78. The molecular weight excluding hydrogens is 344 g/mol. The molecule has 0 radical (unpaired) electrons. The Labute approximate surface area is 160 Å². The molecule has 146 valence electrons. The van der Waals surface area contributed by atoms with Gasteiger partial charge in [-0.3, -0.25) is 9.59 Å². The van der Waals surface area contributed by atoms with Gasteiger partial charge in [-0.05, 0) is 41.7 Å². The van der Waals surface area contributed by atoms with Gasteiger partial charge >= 0.3 is 0 Å². The molecule has 0 atom stereocenters. The van der Waals surface area contributed by atoms with Crippen LogP contribution in [0.25, 0.3) is 0 Å². The second-order valence-electron chi connectivity index (χ2n) is 7.31. The minimum Gasteiger partial charge on any atom is -0.492 e. The lowest BCUT2D eigenvalue weighted by Crippen LogP contribution is -2.29. The third-order valence-corrected chi connectivity index (χ3v) is 4.02. The van der Waals surface area contributed by atoms with Crippen LogP contribution in [0, 0.1) is 0 Å². The molecule has 2 N–H and O–H groups in total. The number of carbonyl (C=O) groups is 2. The Morgan fingerprint density at radius 1 is 1.04 bits per heavy atom. The molecule has 27 heavy (non-hydrogen) atoms.